The number of thiophene rings is 1. The highest BCUT2D eigenvalue weighted by molar-refractivity contribution is 7.26. The smallest absolute Gasteiger partial charge is 0.423 e. The van der Waals surface area contributed by atoms with Crippen molar-refractivity contribution in [3.63, 3.8) is 0 Å². The molecule has 0 saturated carbocycles. The normalized spacial score (nSPS) is 11.4. The molecule has 5 aromatic carbocycles. The Hall–Kier alpha value is -3.44. The van der Waals surface area contributed by atoms with Crippen molar-refractivity contribution in [2.75, 3.05) is 0 Å². The van der Waals surface area contributed by atoms with Crippen molar-refractivity contribution < 1.29 is 10.0 Å². The summed E-state index contributed by atoms with van der Waals surface area (Å²) in [6, 6.07) is 35.6. The molecule has 6 aromatic rings. The first kappa shape index (κ1) is 19.3. The highest BCUT2D eigenvalue weighted by Crippen LogP contribution is 2.43. The summed E-state index contributed by atoms with van der Waals surface area (Å²) >= 11 is 1.82. The number of hydrogen-bond acceptors (Lipinski definition) is 3. The second-order valence-electron chi connectivity index (χ2n) is 8.02. The van der Waals surface area contributed by atoms with Crippen molar-refractivity contribution in [3.8, 4) is 22.3 Å². The minimum atomic E-state index is -1.45. The van der Waals surface area contributed by atoms with Crippen LogP contribution in [0.25, 0.3) is 53.2 Å². The molecule has 6 rings (SSSR count). The van der Waals surface area contributed by atoms with Gasteiger partial charge in [0, 0.05) is 20.2 Å². The van der Waals surface area contributed by atoms with Crippen LogP contribution in [-0.2, 0) is 0 Å². The van der Waals surface area contributed by atoms with E-state index in [9.17, 15) is 10.0 Å². The second kappa shape index (κ2) is 7.61. The summed E-state index contributed by atoms with van der Waals surface area (Å²) in [6.45, 7) is 0. The van der Waals surface area contributed by atoms with E-state index in [4.69, 9.17) is 0 Å². The maximum Gasteiger partial charge on any atom is 0.488 e. The van der Waals surface area contributed by atoms with Gasteiger partial charge in [0.2, 0.25) is 0 Å². The van der Waals surface area contributed by atoms with Gasteiger partial charge in [-0.25, -0.2) is 0 Å². The van der Waals surface area contributed by atoms with Gasteiger partial charge in [0.15, 0.2) is 0 Å². The lowest BCUT2D eigenvalue weighted by molar-refractivity contribution is 0.426. The first-order valence-electron chi connectivity index (χ1n) is 10.6. The Balaban J connectivity index is 1.56. The molecule has 0 atom stereocenters. The molecule has 0 spiro atoms. The number of hydrogen-bond donors (Lipinski definition) is 2. The summed E-state index contributed by atoms with van der Waals surface area (Å²) in [4.78, 5) is 0. The molecule has 1 aromatic heterocycles. The fourth-order valence-electron chi connectivity index (χ4n) is 4.47. The fourth-order valence-corrected chi connectivity index (χ4v) is 5.84. The van der Waals surface area contributed by atoms with Gasteiger partial charge in [-0.3, -0.25) is 0 Å². The Morgan fingerprint density at radius 1 is 0.531 bits per heavy atom. The SMILES string of the molecule is OB(O)c1ccc(-c2cccc3c2sc2c(-c4ccc5ccccc5c4)cccc23)cc1. The van der Waals surface area contributed by atoms with Crippen LogP contribution in [0.2, 0.25) is 0 Å². The van der Waals surface area contributed by atoms with Crippen molar-refractivity contribution in [1.29, 1.82) is 0 Å². The lowest BCUT2D eigenvalue weighted by atomic mass is 9.80. The van der Waals surface area contributed by atoms with E-state index in [1.165, 1.54) is 42.1 Å². The quantitative estimate of drug-likeness (QED) is 0.327. The van der Waals surface area contributed by atoms with Gasteiger partial charge in [-0.1, -0.05) is 97.1 Å². The van der Waals surface area contributed by atoms with E-state index in [-0.39, 0.29) is 0 Å². The van der Waals surface area contributed by atoms with E-state index in [1.807, 2.05) is 23.5 Å². The third kappa shape index (κ3) is 3.12. The van der Waals surface area contributed by atoms with Gasteiger partial charge in [-0.2, -0.15) is 0 Å². The van der Waals surface area contributed by atoms with Crippen molar-refractivity contribution in [2.24, 2.45) is 0 Å². The molecule has 0 amide bonds. The molecule has 0 bridgehead atoms. The molecule has 0 aliphatic carbocycles. The van der Waals surface area contributed by atoms with Gasteiger partial charge >= 0.3 is 7.12 Å². The fraction of sp³-hybridized carbons (Fsp3) is 0. The Labute approximate surface area is 190 Å². The van der Waals surface area contributed by atoms with Crippen LogP contribution in [-0.4, -0.2) is 17.2 Å². The Bertz CT molecular complexity index is 1600. The molecule has 2 N–H and O–H groups in total. The van der Waals surface area contributed by atoms with E-state index in [0.29, 0.717) is 5.46 Å². The zero-order valence-electron chi connectivity index (χ0n) is 17.2. The van der Waals surface area contributed by atoms with Gasteiger partial charge in [-0.15, -0.1) is 11.3 Å². The van der Waals surface area contributed by atoms with E-state index in [1.54, 1.807) is 12.1 Å². The highest BCUT2D eigenvalue weighted by atomic mass is 32.1. The van der Waals surface area contributed by atoms with Crippen LogP contribution in [0.1, 0.15) is 0 Å². The van der Waals surface area contributed by atoms with Crippen LogP contribution in [0.4, 0.5) is 0 Å². The van der Waals surface area contributed by atoms with E-state index < -0.39 is 7.12 Å². The second-order valence-corrected chi connectivity index (χ2v) is 9.04. The van der Waals surface area contributed by atoms with Crippen molar-refractivity contribution in [3.05, 3.63) is 103 Å². The van der Waals surface area contributed by atoms with Gasteiger partial charge < -0.3 is 10.0 Å². The Kier molecular flexibility index (Phi) is 4.58. The molecule has 1 heterocycles. The predicted octanol–water partition coefficient (Wildman–Crippen LogP) is 6.22. The topological polar surface area (TPSA) is 40.5 Å². The summed E-state index contributed by atoms with van der Waals surface area (Å²) < 4.78 is 2.53. The van der Waals surface area contributed by atoms with Crippen molar-refractivity contribution in [1.82, 2.24) is 0 Å². The molecular formula is C28H19BO2S. The molecule has 0 unspecified atom stereocenters. The maximum atomic E-state index is 9.41. The van der Waals surface area contributed by atoms with Gasteiger partial charge in [-0.05, 0) is 44.6 Å². The molecule has 152 valence electrons. The lowest BCUT2D eigenvalue weighted by Crippen LogP contribution is -2.29. The number of fused-ring (bicyclic) bond motifs is 4. The van der Waals surface area contributed by atoms with Gasteiger partial charge in [0.25, 0.3) is 0 Å². The molecule has 0 fully saturated rings. The lowest BCUT2D eigenvalue weighted by Gasteiger charge is -2.05. The zero-order chi connectivity index (χ0) is 21.7. The molecular weight excluding hydrogens is 411 g/mol. The van der Waals surface area contributed by atoms with Crippen LogP contribution >= 0.6 is 11.3 Å². The summed E-state index contributed by atoms with van der Waals surface area (Å²) in [6.07, 6.45) is 0. The highest BCUT2D eigenvalue weighted by Gasteiger charge is 2.15. The summed E-state index contributed by atoms with van der Waals surface area (Å²) in [5, 5.41) is 23.8. The van der Waals surface area contributed by atoms with E-state index in [0.717, 1.165) is 11.1 Å². The summed E-state index contributed by atoms with van der Waals surface area (Å²) in [5.41, 5.74) is 5.20. The minimum Gasteiger partial charge on any atom is -0.423 e. The van der Waals surface area contributed by atoms with Crippen LogP contribution in [0, 0.1) is 0 Å². The van der Waals surface area contributed by atoms with Crippen LogP contribution in [0.15, 0.2) is 103 Å². The third-order valence-electron chi connectivity index (χ3n) is 6.10. The monoisotopic (exact) mass is 430 g/mol. The van der Waals surface area contributed by atoms with Gasteiger partial charge in [0.1, 0.15) is 0 Å². The van der Waals surface area contributed by atoms with Crippen LogP contribution < -0.4 is 5.46 Å². The maximum absolute atomic E-state index is 9.41. The summed E-state index contributed by atoms with van der Waals surface area (Å²) in [5.74, 6) is 0. The Morgan fingerprint density at radius 2 is 1.12 bits per heavy atom. The molecule has 0 aliphatic rings. The average molecular weight is 430 g/mol. The molecule has 0 saturated heterocycles. The minimum absolute atomic E-state index is 0.496. The Morgan fingerprint density at radius 3 is 1.78 bits per heavy atom. The first-order valence-corrected chi connectivity index (χ1v) is 11.4. The van der Waals surface area contributed by atoms with Gasteiger partial charge in [0.05, 0.1) is 0 Å². The van der Waals surface area contributed by atoms with Crippen molar-refractivity contribution in [2.45, 2.75) is 0 Å². The predicted molar refractivity (Wildman–Crippen MR) is 138 cm³/mol. The third-order valence-corrected chi connectivity index (χ3v) is 7.39. The molecule has 32 heavy (non-hydrogen) atoms. The van der Waals surface area contributed by atoms with Crippen LogP contribution in [0.5, 0.6) is 0 Å². The molecule has 0 radical (unpaired) electrons. The number of rotatable bonds is 3. The largest absolute Gasteiger partial charge is 0.488 e. The van der Waals surface area contributed by atoms with Crippen LogP contribution in [0.3, 0.4) is 0 Å². The molecule has 2 nitrogen and oxygen atoms in total. The summed E-state index contributed by atoms with van der Waals surface area (Å²) in [7, 11) is -1.45. The van der Waals surface area contributed by atoms with E-state index in [2.05, 4.69) is 78.9 Å². The van der Waals surface area contributed by atoms with Crippen molar-refractivity contribution >= 4 is 54.9 Å². The standard InChI is InChI=1S/C28H19BO2S/c30-29(31)22-15-13-19(14-16-22)23-7-3-9-25-26-10-4-8-24(28(26)32-27(23)25)21-12-11-18-5-1-2-6-20(18)17-21/h1-17,30-31H. The molecule has 0 aliphatic heterocycles. The van der Waals surface area contributed by atoms with E-state index >= 15 is 0 Å². The average Bonchev–Trinajstić information content (AvgIpc) is 3.23. The zero-order valence-corrected chi connectivity index (χ0v) is 18.0. The molecule has 4 heteroatoms. The first-order chi connectivity index (χ1) is 15.7. The number of benzene rings is 5.